The molecule has 3 nitrogen and oxygen atoms in total. The number of hydrogen-bond donors (Lipinski definition) is 1. The highest BCUT2D eigenvalue weighted by molar-refractivity contribution is 5.83. The molecule has 1 atom stereocenters. The topological polar surface area (TPSA) is 29.5 Å². The van der Waals surface area contributed by atoms with Crippen LogP contribution in [0.5, 0.6) is 5.75 Å². The van der Waals surface area contributed by atoms with Crippen LogP contribution in [0.3, 0.4) is 0 Å². The molecule has 25 heavy (non-hydrogen) atoms. The molecule has 0 heterocycles. The fourth-order valence-corrected chi connectivity index (χ4v) is 3.39. The number of quaternary nitrogens is 1. The van der Waals surface area contributed by atoms with Crippen LogP contribution in [0.15, 0.2) is 42.5 Å². The van der Waals surface area contributed by atoms with E-state index in [1.165, 1.54) is 36.5 Å². The summed E-state index contributed by atoms with van der Waals surface area (Å²) in [7, 11) is 2.27. The Morgan fingerprint density at radius 2 is 1.60 bits per heavy atom. The number of unbranched alkanes of at least 4 members (excludes halogenated alkanes) is 2. The number of likely N-dealkylation sites (N-methyl/N-ethyl adjacent to an activating group) is 1. The van der Waals surface area contributed by atoms with E-state index in [4.69, 9.17) is 4.74 Å². The highest BCUT2D eigenvalue weighted by Gasteiger charge is 2.25. The van der Waals surface area contributed by atoms with Gasteiger partial charge in [-0.3, -0.25) is 0 Å². The van der Waals surface area contributed by atoms with E-state index in [0.29, 0.717) is 6.61 Å². The average Bonchev–Trinajstić information content (AvgIpc) is 2.63. The van der Waals surface area contributed by atoms with E-state index in [1.54, 1.807) is 0 Å². The molecule has 1 unspecified atom stereocenters. The van der Waals surface area contributed by atoms with Crippen LogP contribution < -0.4 is 4.74 Å². The van der Waals surface area contributed by atoms with Gasteiger partial charge < -0.3 is 14.3 Å². The van der Waals surface area contributed by atoms with Crippen molar-refractivity contribution in [3.05, 3.63) is 42.5 Å². The van der Waals surface area contributed by atoms with Crippen molar-refractivity contribution in [2.24, 2.45) is 0 Å². The molecule has 3 heteroatoms. The first-order valence-electron chi connectivity index (χ1n) is 9.69. The quantitative estimate of drug-likeness (QED) is 0.602. The smallest absolute Gasteiger partial charge is 0.137 e. The molecular formula is C22H34NO2+. The maximum absolute atomic E-state index is 10.5. The molecule has 0 spiro atoms. The molecule has 0 fully saturated rings. The van der Waals surface area contributed by atoms with Gasteiger partial charge in [0.15, 0.2) is 0 Å². The van der Waals surface area contributed by atoms with Gasteiger partial charge in [-0.1, -0.05) is 57.0 Å². The van der Waals surface area contributed by atoms with E-state index in [1.807, 2.05) is 24.3 Å². The van der Waals surface area contributed by atoms with Crippen LogP contribution in [0, 0.1) is 0 Å². The van der Waals surface area contributed by atoms with Gasteiger partial charge >= 0.3 is 0 Å². The summed E-state index contributed by atoms with van der Waals surface area (Å²) in [4.78, 5) is 0. The molecule has 2 aromatic rings. The van der Waals surface area contributed by atoms with E-state index in [-0.39, 0.29) is 0 Å². The molecule has 0 saturated carbocycles. The van der Waals surface area contributed by atoms with Crippen molar-refractivity contribution in [3.8, 4) is 5.75 Å². The van der Waals surface area contributed by atoms with Crippen molar-refractivity contribution in [2.75, 3.05) is 33.3 Å². The highest BCUT2D eigenvalue weighted by atomic mass is 16.5. The molecule has 0 amide bonds. The second kappa shape index (κ2) is 9.79. The largest absolute Gasteiger partial charge is 0.491 e. The maximum atomic E-state index is 10.5. The van der Waals surface area contributed by atoms with Gasteiger partial charge in [0, 0.05) is 0 Å². The predicted molar refractivity (Wildman–Crippen MR) is 106 cm³/mol. The van der Waals surface area contributed by atoms with Crippen LogP contribution in [0.4, 0.5) is 0 Å². The summed E-state index contributed by atoms with van der Waals surface area (Å²) in [5, 5.41) is 12.9. The number of benzene rings is 2. The van der Waals surface area contributed by atoms with Crippen LogP contribution in [0.1, 0.15) is 39.5 Å². The molecule has 0 aliphatic rings. The number of ether oxygens (including phenoxy) is 1. The molecule has 1 N–H and O–H groups in total. The lowest BCUT2D eigenvalue weighted by Crippen LogP contribution is -2.51. The molecule has 138 valence electrons. The molecular weight excluding hydrogens is 310 g/mol. The molecule has 0 aliphatic heterocycles. The van der Waals surface area contributed by atoms with Gasteiger partial charge in [-0.15, -0.1) is 0 Å². The Kier molecular flexibility index (Phi) is 7.73. The SMILES string of the molecule is CCCC[N+](C)(CCCC)CC(O)COc1ccc2ccccc2c1. The maximum Gasteiger partial charge on any atom is 0.137 e. The third-order valence-corrected chi connectivity index (χ3v) is 4.92. The summed E-state index contributed by atoms with van der Waals surface area (Å²) in [5.41, 5.74) is 0. The summed E-state index contributed by atoms with van der Waals surface area (Å²) in [6, 6.07) is 14.4. The van der Waals surface area contributed by atoms with Gasteiger partial charge in [0.1, 0.15) is 25.0 Å². The normalized spacial score (nSPS) is 13.1. The van der Waals surface area contributed by atoms with Crippen molar-refractivity contribution >= 4 is 10.8 Å². The van der Waals surface area contributed by atoms with E-state index in [0.717, 1.165) is 29.9 Å². The molecule has 2 rings (SSSR count). The summed E-state index contributed by atoms with van der Waals surface area (Å²) >= 11 is 0. The van der Waals surface area contributed by atoms with Crippen molar-refractivity contribution in [2.45, 2.75) is 45.6 Å². The second-order valence-corrected chi connectivity index (χ2v) is 7.43. The van der Waals surface area contributed by atoms with Gasteiger partial charge in [0.05, 0.1) is 20.1 Å². The Hall–Kier alpha value is -1.58. The molecule has 0 aromatic heterocycles. The number of fused-ring (bicyclic) bond motifs is 1. The van der Waals surface area contributed by atoms with Crippen LogP contribution in [0.25, 0.3) is 10.8 Å². The fourth-order valence-electron chi connectivity index (χ4n) is 3.39. The van der Waals surface area contributed by atoms with Crippen molar-refractivity contribution in [1.29, 1.82) is 0 Å². The number of aliphatic hydroxyl groups excluding tert-OH is 1. The first-order chi connectivity index (χ1) is 12.1. The van der Waals surface area contributed by atoms with E-state index in [9.17, 15) is 5.11 Å². The molecule has 0 saturated heterocycles. The Morgan fingerprint density at radius 1 is 0.960 bits per heavy atom. The van der Waals surface area contributed by atoms with Gasteiger partial charge in [-0.25, -0.2) is 0 Å². The van der Waals surface area contributed by atoms with Crippen LogP contribution >= 0.6 is 0 Å². The number of rotatable bonds is 11. The highest BCUT2D eigenvalue weighted by Crippen LogP contribution is 2.21. The third-order valence-electron chi connectivity index (χ3n) is 4.92. The van der Waals surface area contributed by atoms with Crippen LogP contribution in [-0.4, -0.2) is 49.0 Å². The van der Waals surface area contributed by atoms with Crippen LogP contribution in [0.2, 0.25) is 0 Å². The van der Waals surface area contributed by atoms with E-state index >= 15 is 0 Å². The Morgan fingerprint density at radius 3 is 2.24 bits per heavy atom. The summed E-state index contributed by atoms with van der Waals surface area (Å²) in [5.74, 6) is 0.828. The average molecular weight is 345 g/mol. The zero-order valence-corrected chi connectivity index (χ0v) is 16.1. The van der Waals surface area contributed by atoms with Crippen molar-refractivity contribution in [3.63, 3.8) is 0 Å². The lowest BCUT2D eigenvalue weighted by molar-refractivity contribution is -0.912. The van der Waals surface area contributed by atoms with Gasteiger partial charge in [0.25, 0.3) is 0 Å². The first kappa shape index (κ1) is 19.7. The fraction of sp³-hybridized carbons (Fsp3) is 0.545. The second-order valence-electron chi connectivity index (χ2n) is 7.43. The van der Waals surface area contributed by atoms with E-state index < -0.39 is 6.10 Å². The molecule has 0 aliphatic carbocycles. The minimum absolute atomic E-state index is 0.352. The summed E-state index contributed by atoms with van der Waals surface area (Å²) in [6.45, 7) is 7.82. The zero-order valence-electron chi connectivity index (χ0n) is 16.1. The first-order valence-corrected chi connectivity index (χ1v) is 9.69. The minimum atomic E-state index is -0.440. The Balaban J connectivity index is 1.91. The van der Waals surface area contributed by atoms with Crippen molar-refractivity contribution in [1.82, 2.24) is 0 Å². The third kappa shape index (κ3) is 6.33. The number of aliphatic hydroxyl groups is 1. The van der Waals surface area contributed by atoms with Gasteiger partial charge in [0.2, 0.25) is 0 Å². The number of hydrogen-bond acceptors (Lipinski definition) is 2. The standard InChI is InChI=1S/C22H34NO2/c1-4-6-14-23(3,15-7-5-2)17-21(24)18-25-22-13-12-19-10-8-9-11-20(19)16-22/h8-13,16,21,24H,4-7,14-15,17-18H2,1-3H3/q+1. The zero-order chi connectivity index (χ0) is 18.1. The van der Waals surface area contributed by atoms with Crippen molar-refractivity contribution < 1.29 is 14.3 Å². The lowest BCUT2D eigenvalue weighted by Gasteiger charge is -2.36. The van der Waals surface area contributed by atoms with Crippen LogP contribution in [-0.2, 0) is 0 Å². The molecule has 2 aromatic carbocycles. The predicted octanol–water partition coefficient (Wildman–Crippen LogP) is 4.63. The van der Waals surface area contributed by atoms with Gasteiger partial charge in [-0.2, -0.15) is 0 Å². The summed E-state index contributed by atoms with van der Waals surface area (Å²) in [6.07, 6.45) is 4.37. The molecule has 0 radical (unpaired) electrons. The Bertz CT molecular complexity index is 633. The number of nitrogens with zero attached hydrogens (tertiary/aromatic N) is 1. The van der Waals surface area contributed by atoms with E-state index in [2.05, 4.69) is 39.1 Å². The minimum Gasteiger partial charge on any atom is -0.491 e. The Labute approximate surface area is 152 Å². The van der Waals surface area contributed by atoms with Gasteiger partial charge in [-0.05, 0) is 35.7 Å². The molecule has 0 bridgehead atoms. The lowest BCUT2D eigenvalue weighted by atomic mass is 10.1. The summed E-state index contributed by atoms with van der Waals surface area (Å²) < 4.78 is 6.81. The monoisotopic (exact) mass is 344 g/mol.